The highest BCUT2D eigenvalue weighted by Crippen LogP contribution is 2.39. The van der Waals surface area contributed by atoms with Crippen molar-refractivity contribution in [3.8, 4) is 0 Å². The summed E-state index contributed by atoms with van der Waals surface area (Å²) in [6.07, 6.45) is 5.37. The number of nitrogens with zero attached hydrogens (tertiary/aromatic N) is 2. The second-order valence-corrected chi connectivity index (χ2v) is 9.92. The van der Waals surface area contributed by atoms with Gasteiger partial charge in [0.2, 0.25) is 0 Å². The van der Waals surface area contributed by atoms with Crippen LogP contribution in [0.4, 0.5) is 0 Å². The number of nitrogens with two attached hydrogens (primary N) is 1. The molecule has 5 heterocycles. The minimum absolute atomic E-state index is 0.113. The molecular weight excluding hydrogens is 374 g/mol. The van der Waals surface area contributed by atoms with Gasteiger partial charge in [-0.2, -0.15) is 0 Å². The van der Waals surface area contributed by atoms with Gasteiger partial charge in [0, 0.05) is 23.6 Å². The molecule has 1 aromatic rings. The maximum atomic E-state index is 13.6. The van der Waals surface area contributed by atoms with Crippen LogP contribution >= 0.6 is 11.3 Å². The number of amides is 1. The summed E-state index contributed by atoms with van der Waals surface area (Å²) >= 11 is 1.63. The van der Waals surface area contributed by atoms with Crippen LogP contribution < -0.4 is 5.73 Å². The highest BCUT2D eigenvalue weighted by atomic mass is 32.1. The molecule has 0 aromatic carbocycles. The number of carbonyl (C=O) groups excluding carboxylic acids is 2. The first-order valence-corrected chi connectivity index (χ1v) is 11.4. The van der Waals surface area contributed by atoms with Crippen LogP contribution in [0.2, 0.25) is 0 Å². The fourth-order valence-corrected chi connectivity index (χ4v) is 6.34. The van der Waals surface area contributed by atoms with Gasteiger partial charge in [-0.25, -0.2) is 4.79 Å². The van der Waals surface area contributed by atoms with Gasteiger partial charge >= 0.3 is 5.97 Å². The Morgan fingerprint density at radius 3 is 2.61 bits per heavy atom. The topological polar surface area (TPSA) is 72.6 Å². The highest BCUT2D eigenvalue weighted by molar-refractivity contribution is 7.10. The molecule has 4 aliphatic heterocycles. The molecule has 1 amide bonds. The number of rotatable bonds is 6. The molecule has 7 heteroatoms. The summed E-state index contributed by atoms with van der Waals surface area (Å²) in [6.45, 7) is 6.90. The third-order valence-electron chi connectivity index (χ3n) is 7.18. The standard InChI is InChI=1S/C21H31N3O3S/c1-21(18-6-5-13-28-18,23-9-3-2-4-10-23)20(26)27-17-14-24(15-19(22)25)11-7-16(17)8-12-24/h5-6,13,16-17H,2-4,7-12,14-15H2,1H3,(H-,22,25)/p+1/t16?,17-,21-,24?/m0/s1. The van der Waals surface area contributed by atoms with E-state index in [-0.39, 0.29) is 18.0 Å². The van der Waals surface area contributed by atoms with Gasteiger partial charge in [-0.05, 0) is 44.3 Å². The van der Waals surface area contributed by atoms with Crippen LogP contribution in [0.1, 0.15) is 43.9 Å². The first-order chi connectivity index (χ1) is 13.4. The molecule has 0 saturated carbocycles. The van der Waals surface area contributed by atoms with E-state index in [9.17, 15) is 9.59 Å². The van der Waals surface area contributed by atoms with E-state index in [1.807, 2.05) is 18.4 Å². The fraction of sp³-hybridized carbons (Fsp3) is 0.714. The van der Waals surface area contributed by atoms with E-state index in [2.05, 4.69) is 11.0 Å². The maximum absolute atomic E-state index is 13.6. The Kier molecular flexibility index (Phi) is 5.51. The maximum Gasteiger partial charge on any atom is 0.332 e. The van der Waals surface area contributed by atoms with Gasteiger partial charge in [0.1, 0.15) is 6.54 Å². The van der Waals surface area contributed by atoms with Crippen molar-refractivity contribution in [2.45, 2.75) is 50.7 Å². The van der Waals surface area contributed by atoms with E-state index < -0.39 is 5.54 Å². The van der Waals surface area contributed by atoms with E-state index >= 15 is 0 Å². The Morgan fingerprint density at radius 2 is 2.00 bits per heavy atom. The van der Waals surface area contributed by atoms with E-state index in [1.165, 1.54) is 6.42 Å². The minimum Gasteiger partial charge on any atom is -0.454 e. The Balaban J connectivity index is 1.54. The van der Waals surface area contributed by atoms with Gasteiger partial charge in [0.05, 0.1) is 13.1 Å². The predicted octanol–water partition coefficient (Wildman–Crippen LogP) is 2.09. The predicted molar refractivity (Wildman–Crippen MR) is 109 cm³/mol. The molecule has 5 rings (SSSR count). The number of hydrogen-bond acceptors (Lipinski definition) is 5. The van der Waals surface area contributed by atoms with Crippen molar-refractivity contribution in [3.63, 3.8) is 0 Å². The Hall–Kier alpha value is -1.44. The van der Waals surface area contributed by atoms with Crippen LogP contribution in [-0.4, -0.2) is 66.6 Å². The molecule has 4 saturated heterocycles. The zero-order valence-corrected chi connectivity index (χ0v) is 17.6. The van der Waals surface area contributed by atoms with Crippen molar-refractivity contribution < 1.29 is 18.8 Å². The number of primary amides is 1. The average Bonchev–Trinajstić information content (AvgIpc) is 3.23. The molecule has 0 unspecified atom stereocenters. The third kappa shape index (κ3) is 3.60. The van der Waals surface area contributed by atoms with Crippen molar-refractivity contribution in [3.05, 3.63) is 22.4 Å². The van der Waals surface area contributed by atoms with E-state index in [1.54, 1.807) is 11.3 Å². The fourth-order valence-electron chi connectivity index (χ4n) is 5.44. The number of ether oxygens (including phenoxy) is 1. The van der Waals surface area contributed by atoms with Gasteiger partial charge in [0.25, 0.3) is 5.91 Å². The average molecular weight is 407 g/mol. The summed E-state index contributed by atoms with van der Waals surface area (Å²) < 4.78 is 6.92. The number of carbonyl (C=O) groups is 2. The molecule has 0 radical (unpaired) electrons. The summed E-state index contributed by atoms with van der Waals surface area (Å²) in [5.74, 6) is 0.0146. The van der Waals surface area contributed by atoms with Gasteiger partial charge < -0.3 is 15.0 Å². The van der Waals surface area contributed by atoms with Crippen LogP contribution in [-0.2, 0) is 19.9 Å². The van der Waals surface area contributed by atoms with Crippen LogP contribution in [0.5, 0.6) is 0 Å². The van der Waals surface area contributed by atoms with Gasteiger partial charge in [-0.1, -0.05) is 12.5 Å². The van der Waals surface area contributed by atoms with E-state index in [4.69, 9.17) is 10.5 Å². The monoisotopic (exact) mass is 406 g/mol. The lowest BCUT2D eigenvalue weighted by Crippen LogP contribution is -2.67. The van der Waals surface area contributed by atoms with Crippen LogP contribution in [0.25, 0.3) is 0 Å². The molecule has 154 valence electrons. The Labute approximate surface area is 171 Å². The van der Waals surface area contributed by atoms with Crippen molar-refractivity contribution in [1.29, 1.82) is 0 Å². The molecule has 4 fully saturated rings. The molecule has 28 heavy (non-hydrogen) atoms. The van der Waals surface area contributed by atoms with Gasteiger partial charge in [-0.15, -0.1) is 11.3 Å². The summed E-state index contributed by atoms with van der Waals surface area (Å²) in [7, 11) is 0. The second-order valence-electron chi connectivity index (χ2n) is 8.97. The Bertz CT molecular complexity index is 708. The van der Waals surface area contributed by atoms with Crippen LogP contribution in [0, 0.1) is 5.92 Å². The molecule has 0 spiro atoms. The smallest absolute Gasteiger partial charge is 0.332 e. The lowest BCUT2D eigenvalue weighted by atomic mass is 9.83. The molecular formula is C21H32N3O3S+. The molecule has 1 aromatic heterocycles. The summed E-state index contributed by atoms with van der Waals surface area (Å²) in [4.78, 5) is 28.5. The minimum atomic E-state index is -0.727. The Morgan fingerprint density at radius 1 is 1.29 bits per heavy atom. The largest absolute Gasteiger partial charge is 0.454 e. The quantitative estimate of drug-likeness (QED) is 0.580. The highest BCUT2D eigenvalue weighted by Gasteiger charge is 2.51. The van der Waals surface area contributed by atoms with E-state index in [0.29, 0.717) is 16.9 Å². The number of likely N-dealkylation sites (tertiary alicyclic amines) is 1. The summed E-state index contributed by atoms with van der Waals surface area (Å²) in [6, 6.07) is 4.06. The molecule has 4 aliphatic rings. The lowest BCUT2D eigenvalue weighted by Gasteiger charge is -2.52. The van der Waals surface area contributed by atoms with Crippen molar-refractivity contribution in [1.82, 2.24) is 4.90 Å². The first-order valence-electron chi connectivity index (χ1n) is 10.6. The van der Waals surface area contributed by atoms with Gasteiger partial charge in [0.15, 0.2) is 18.2 Å². The number of esters is 1. The lowest BCUT2D eigenvalue weighted by molar-refractivity contribution is -0.939. The van der Waals surface area contributed by atoms with Crippen LogP contribution in [0.3, 0.4) is 0 Å². The molecule has 2 bridgehead atoms. The zero-order chi connectivity index (χ0) is 19.8. The number of quaternary nitrogens is 1. The summed E-state index contributed by atoms with van der Waals surface area (Å²) in [5, 5.41) is 2.03. The number of hydrogen-bond donors (Lipinski definition) is 1. The second kappa shape index (κ2) is 7.76. The first kappa shape index (κ1) is 19.9. The molecule has 2 N–H and O–H groups in total. The number of thiophene rings is 1. The molecule has 0 aliphatic carbocycles. The number of fused-ring (bicyclic) bond motifs is 3. The summed E-state index contributed by atoms with van der Waals surface area (Å²) in [5.41, 5.74) is 4.78. The van der Waals surface area contributed by atoms with Gasteiger partial charge in [-0.3, -0.25) is 9.69 Å². The van der Waals surface area contributed by atoms with E-state index in [0.717, 1.165) is 63.3 Å². The normalized spacial score (nSPS) is 32.6. The van der Waals surface area contributed by atoms with Crippen molar-refractivity contribution >= 4 is 23.2 Å². The zero-order valence-electron chi connectivity index (χ0n) is 16.8. The number of piperidine rings is 4. The van der Waals surface area contributed by atoms with Crippen molar-refractivity contribution in [2.75, 3.05) is 39.3 Å². The SMILES string of the molecule is C[C@@](C(=O)O[C@H]1C[N+]2(CC(N)=O)CCC1CC2)(c1cccs1)N1CCCCC1. The van der Waals surface area contributed by atoms with Crippen LogP contribution in [0.15, 0.2) is 17.5 Å². The molecule has 6 nitrogen and oxygen atoms in total. The molecule has 2 atom stereocenters. The third-order valence-corrected chi connectivity index (χ3v) is 8.26. The van der Waals surface area contributed by atoms with Crippen molar-refractivity contribution in [2.24, 2.45) is 11.7 Å².